The first-order chi connectivity index (χ1) is 9.33. The SMILES string of the molecule is COc1cc(N)c(NC(CCO)C(C)(C)C)cc1OC. The highest BCUT2D eigenvalue weighted by Crippen LogP contribution is 2.36. The maximum Gasteiger partial charge on any atom is 0.162 e. The summed E-state index contributed by atoms with van der Waals surface area (Å²) in [6, 6.07) is 3.66. The minimum absolute atomic E-state index is 0.00231. The van der Waals surface area contributed by atoms with Gasteiger partial charge >= 0.3 is 0 Å². The van der Waals surface area contributed by atoms with E-state index in [0.29, 0.717) is 23.6 Å². The van der Waals surface area contributed by atoms with Gasteiger partial charge in [-0.25, -0.2) is 0 Å². The average Bonchev–Trinajstić information content (AvgIpc) is 2.38. The van der Waals surface area contributed by atoms with E-state index in [4.69, 9.17) is 15.2 Å². The van der Waals surface area contributed by atoms with Crippen molar-refractivity contribution in [3.8, 4) is 11.5 Å². The van der Waals surface area contributed by atoms with Gasteiger partial charge in [-0.3, -0.25) is 0 Å². The van der Waals surface area contributed by atoms with Crippen molar-refractivity contribution in [3.63, 3.8) is 0 Å². The van der Waals surface area contributed by atoms with Crippen LogP contribution in [0, 0.1) is 5.41 Å². The standard InChI is InChI=1S/C15H26N2O3/c1-15(2,3)14(6-7-18)17-11-9-13(20-5)12(19-4)8-10(11)16/h8-9,14,17-18H,6-7,16H2,1-5H3. The van der Waals surface area contributed by atoms with Gasteiger partial charge in [0.2, 0.25) is 0 Å². The lowest BCUT2D eigenvalue weighted by Crippen LogP contribution is -2.35. The summed E-state index contributed by atoms with van der Waals surface area (Å²) < 4.78 is 10.5. The van der Waals surface area contributed by atoms with E-state index in [-0.39, 0.29) is 18.1 Å². The Balaban J connectivity index is 3.06. The molecule has 1 unspecified atom stereocenters. The van der Waals surface area contributed by atoms with E-state index in [1.54, 1.807) is 20.3 Å². The molecule has 5 nitrogen and oxygen atoms in total. The van der Waals surface area contributed by atoms with Crippen molar-refractivity contribution < 1.29 is 14.6 Å². The summed E-state index contributed by atoms with van der Waals surface area (Å²) in [6.07, 6.45) is 0.650. The Morgan fingerprint density at radius 2 is 1.75 bits per heavy atom. The van der Waals surface area contributed by atoms with E-state index in [1.165, 1.54) is 0 Å². The van der Waals surface area contributed by atoms with Gasteiger partial charge in [0.25, 0.3) is 0 Å². The number of ether oxygens (including phenoxy) is 2. The van der Waals surface area contributed by atoms with E-state index in [9.17, 15) is 5.11 Å². The van der Waals surface area contributed by atoms with Crippen molar-refractivity contribution in [2.45, 2.75) is 33.2 Å². The number of nitrogen functional groups attached to an aromatic ring is 1. The second-order valence-electron chi connectivity index (χ2n) is 5.87. The van der Waals surface area contributed by atoms with Crippen LogP contribution < -0.4 is 20.5 Å². The maximum absolute atomic E-state index is 9.21. The Bertz CT molecular complexity index is 441. The number of aliphatic hydroxyl groups is 1. The molecule has 20 heavy (non-hydrogen) atoms. The number of hydrogen-bond acceptors (Lipinski definition) is 5. The van der Waals surface area contributed by atoms with Gasteiger partial charge in [0, 0.05) is 24.8 Å². The molecule has 1 aromatic carbocycles. The van der Waals surface area contributed by atoms with Crippen molar-refractivity contribution in [3.05, 3.63) is 12.1 Å². The molecule has 0 aliphatic rings. The predicted octanol–water partition coefficient (Wildman–Crippen LogP) is 2.50. The smallest absolute Gasteiger partial charge is 0.162 e. The molecular formula is C15H26N2O3. The predicted molar refractivity (Wildman–Crippen MR) is 82.5 cm³/mol. The van der Waals surface area contributed by atoms with Gasteiger partial charge in [-0.1, -0.05) is 20.8 Å². The van der Waals surface area contributed by atoms with Crippen molar-refractivity contribution in [2.75, 3.05) is 31.9 Å². The largest absolute Gasteiger partial charge is 0.493 e. The summed E-state index contributed by atoms with van der Waals surface area (Å²) >= 11 is 0. The summed E-state index contributed by atoms with van der Waals surface area (Å²) in [4.78, 5) is 0. The third kappa shape index (κ3) is 3.93. The van der Waals surface area contributed by atoms with Crippen LogP contribution in [0.2, 0.25) is 0 Å². The first kappa shape index (κ1) is 16.4. The van der Waals surface area contributed by atoms with Gasteiger partial charge in [0.05, 0.1) is 25.6 Å². The molecule has 1 atom stereocenters. The Morgan fingerprint density at radius 3 is 2.20 bits per heavy atom. The van der Waals surface area contributed by atoms with Crippen LogP contribution in [0.5, 0.6) is 11.5 Å². The number of methoxy groups -OCH3 is 2. The van der Waals surface area contributed by atoms with Crippen LogP contribution in [0.15, 0.2) is 12.1 Å². The molecule has 0 saturated carbocycles. The number of nitrogens with two attached hydrogens (primary N) is 1. The fourth-order valence-corrected chi connectivity index (χ4v) is 2.06. The second-order valence-corrected chi connectivity index (χ2v) is 5.87. The third-order valence-electron chi connectivity index (χ3n) is 3.35. The molecule has 4 N–H and O–H groups in total. The number of nitrogens with one attached hydrogen (secondary N) is 1. The zero-order chi connectivity index (χ0) is 15.3. The molecule has 0 aliphatic heterocycles. The molecule has 0 spiro atoms. The van der Waals surface area contributed by atoms with Crippen LogP contribution in [-0.2, 0) is 0 Å². The Labute approximate surface area is 121 Å². The molecule has 0 heterocycles. The summed E-state index contributed by atoms with van der Waals surface area (Å²) in [7, 11) is 3.17. The van der Waals surface area contributed by atoms with Crippen LogP contribution in [0.3, 0.4) is 0 Å². The molecule has 0 amide bonds. The van der Waals surface area contributed by atoms with Crippen molar-refractivity contribution >= 4 is 11.4 Å². The summed E-state index contributed by atoms with van der Waals surface area (Å²) in [5.74, 6) is 1.23. The maximum atomic E-state index is 9.21. The number of hydrogen-bond donors (Lipinski definition) is 3. The van der Waals surface area contributed by atoms with Gasteiger partial charge in [0.1, 0.15) is 0 Å². The van der Waals surface area contributed by atoms with Crippen LogP contribution in [0.25, 0.3) is 0 Å². The quantitative estimate of drug-likeness (QED) is 0.699. The molecule has 5 heteroatoms. The molecule has 0 saturated heterocycles. The van der Waals surface area contributed by atoms with Crippen LogP contribution in [-0.4, -0.2) is 32.0 Å². The molecule has 0 aromatic heterocycles. The molecule has 0 aliphatic carbocycles. The lowest BCUT2D eigenvalue weighted by Gasteiger charge is -2.32. The highest BCUT2D eigenvalue weighted by atomic mass is 16.5. The Hall–Kier alpha value is -1.62. The molecule has 0 fully saturated rings. The normalized spacial score (nSPS) is 12.9. The highest BCUT2D eigenvalue weighted by Gasteiger charge is 2.25. The van der Waals surface area contributed by atoms with Crippen molar-refractivity contribution in [1.29, 1.82) is 0 Å². The monoisotopic (exact) mass is 282 g/mol. The summed E-state index contributed by atoms with van der Waals surface area (Å²) in [6.45, 7) is 6.49. The van der Waals surface area contributed by atoms with E-state index in [0.717, 1.165) is 5.69 Å². The van der Waals surface area contributed by atoms with Crippen molar-refractivity contribution in [2.24, 2.45) is 5.41 Å². The number of rotatable bonds is 6. The summed E-state index contributed by atoms with van der Waals surface area (Å²) in [5, 5.41) is 12.6. The first-order valence-electron chi connectivity index (χ1n) is 6.72. The third-order valence-corrected chi connectivity index (χ3v) is 3.35. The Kier molecular flexibility index (Phi) is 5.51. The minimum Gasteiger partial charge on any atom is -0.493 e. The molecule has 1 rings (SSSR count). The van der Waals surface area contributed by atoms with Gasteiger partial charge in [-0.15, -0.1) is 0 Å². The van der Waals surface area contributed by atoms with E-state index in [2.05, 4.69) is 26.1 Å². The van der Waals surface area contributed by atoms with Crippen LogP contribution >= 0.6 is 0 Å². The first-order valence-corrected chi connectivity index (χ1v) is 6.72. The zero-order valence-corrected chi connectivity index (χ0v) is 13.0. The number of anilines is 2. The average molecular weight is 282 g/mol. The van der Waals surface area contributed by atoms with E-state index in [1.807, 2.05) is 6.07 Å². The molecule has 114 valence electrons. The van der Waals surface area contributed by atoms with Gasteiger partial charge < -0.3 is 25.6 Å². The van der Waals surface area contributed by atoms with Gasteiger partial charge in [0.15, 0.2) is 11.5 Å². The Morgan fingerprint density at radius 1 is 1.20 bits per heavy atom. The topological polar surface area (TPSA) is 76.7 Å². The fourth-order valence-electron chi connectivity index (χ4n) is 2.06. The van der Waals surface area contributed by atoms with Crippen LogP contribution in [0.1, 0.15) is 27.2 Å². The van der Waals surface area contributed by atoms with Gasteiger partial charge in [-0.05, 0) is 11.8 Å². The molecule has 0 bridgehead atoms. The molecule has 1 aromatic rings. The van der Waals surface area contributed by atoms with E-state index >= 15 is 0 Å². The van der Waals surface area contributed by atoms with Gasteiger partial charge in [-0.2, -0.15) is 0 Å². The number of aliphatic hydroxyl groups excluding tert-OH is 1. The zero-order valence-electron chi connectivity index (χ0n) is 13.0. The molecule has 0 radical (unpaired) electrons. The fraction of sp³-hybridized carbons (Fsp3) is 0.600. The molecular weight excluding hydrogens is 256 g/mol. The lowest BCUT2D eigenvalue weighted by atomic mass is 9.84. The minimum atomic E-state index is 0.00231. The second kappa shape index (κ2) is 6.70. The van der Waals surface area contributed by atoms with Crippen LogP contribution in [0.4, 0.5) is 11.4 Å². The van der Waals surface area contributed by atoms with Crippen molar-refractivity contribution in [1.82, 2.24) is 0 Å². The number of benzene rings is 1. The summed E-state index contributed by atoms with van der Waals surface area (Å²) in [5.41, 5.74) is 7.43. The highest BCUT2D eigenvalue weighted by molar-refractivity contribution is 5.72. The lowest BCUT2D eigenvalue weighted by molar-refractivity contribution is 0.235. The van der Waals surface area contributed by atoms with E-state index < -0.39 is 0 Å².